The summed E-state index contributed by atoms with van der Waals surface area (Å²) >= 11 is 1.90. The van der Waals surface area contributed by atoms with Crippen molar-refractivity contribution < 1.29 is 14.3 Å². The minimum Gasteiger partial charge on any atom is -0.467 e. The van der Waals surface area contributed by atoms with Gasteiger partial charge in [0.15, 0.2) is 0 Å². The van der Waals surface area contributed by atoms with Crippen LogP contribution in [-0.2, 0) is 27.3 Å². The van der Waals surface area contributed by atoms with Gasteiger partial charge in [-0.15, -0.1) is 11.8 Å². The minimum absolute atomic E-state index is 0.0886. The summed E-state index contributed by atoms with van der Waals surface area (Å²) in [7, 11) is 1.41. The Morgan fingerprint density at radius 1 is 1.07 bits per heavy atom. The molecule has 4 saturated carbocycles. The lowest BCUT2D eigenvalue weighted by Crippen LogP contribution is -2.51. The number of nitrogens with zero attached hydrogens (tertiary/aromatic N) is 1. The molecule has 28 heavy (non-hydrogen) atoms. The molecule has 6 rings (SSSR count). The molecule has 4 fully saturated rings. The molecule has 4 nitrogen and oxygen atoms in total. The number of thioether (sulfide) groups is 1. The third-order valence-corrected chi connectivity index (χ3v) is 9.03. The summed E-state index contributed by atoms with van der Waals surface area (Å²) in [6.45, 7) is 0.510. The van der Waals surface area contributed by atoms with Crippen LogP contribution in [-0.4, -0.2) is 40.4 Å². The first-order chi connectivity index (χ1) is 13.5. The Hall–Kier alpha value is -1.49. The summed E-state index contributed by atoms with van der Waals surface area (Å²) in [5.74, 6) is 2.94. The monoisotopic (exact) mass is 399 g/mol. The van der Waals surface area contributed by atoms with Gasteiger partial charge in [0.05, 0.1) is 12.9 Å². The van der Waals surface area contributed by atoms with Crippen molar-refractivity contribution in [1.82, 2.24) is 4.90 Å². The van der Waals surface area contributed by atoms with E-state index in [2.05, 4.69) is 12.1 Å². The highest BCUT2D eigenvalue weighted by Gasteiger charge is 2.51. The van der Waals surface area contributed by atoms with E-state index < -0.39 is 6.04 Å². The van der Waals surface area contributed by atoms with E-state index in [4.69, 9.17) is 4.74 Å². The van der Waals surface area contributed by atoms with E-state index >= 15 is 0 Å². The zero-order valence-corrected chi connectivity index (χ0v) is 17.4. The minimum atomic E-state index is -0.496. The van der Waals surface area contributed by atoms with E-state index in [1.54, 1.807) is 4.90 Å². The van der Waals surface area contributed by atoms with Crippen LogP contribution < -0.4 is 0 Å². The maximum absolute atomic E-state index is 13.2. The predicted octanol–water partition coefficient (Wildman–Crippen LogP) is 3.81. The molecule has 1 heterocycles. The lowest BCUT2D eigenvalue weighted by atomic mass is 9.56. The Morgan fingerprint density at radius 3 is 2.29 bits per heavy atom. The topological polar surface area (TPSA) is 46.6 Å². The van der Waals surface area contributed by atoms with E-state index in [0.29, 0.717) is 23.5 Å². The number of carbonyl (C=O) groups is 2. The number of benzene rings is 1. The van der Waals surface area contributed by atoms with E-state index in [1.165, 1.54) is 45.6 Å². The van der Waals surface area contributed by atoms with Crippen LogP contribution in [0.15, 0.2) is 24.3 Å². The highest BCUT2D eigenvalue weighted by molar-refractivity contribution is 8.01. The molecule has 5 aliphatic rings. The molecular formula is C23H29NO3S. The summed E-state index contributed by atoms with van der Waals surface area (Å²) < 4.78 is 5.34. The average Bonchev–Trinajstić information content (AvgIpc) is 2.69. The zero-order valence-electron chi connectivity index (χ0n) is 16.6. The van der Waals surface area contributed by atoms with Crippen molar-refractivity contribution in [1.29, 1.82) is 0 Å². The highest BCUT2D eigenvalue weighted by atomic mass is 32.2. The first-order valence-corrected chi connectivity index (χ1v) is 11.6. The molecule has 1 atom stereocenters. The third kappa shape index (κ3) is 3.26. The number of hydrogen-bond acceptors (Lipinski definition) is 4. The number of hydrogen-bond donors (Lipinski definition) is 0. The Labute approximate surface area is 171 Å². The summed E-state index contributed by atoms with van der Waals surface area (Å²) in [4.78, 5) is 27.4. The molecule has 0 aromatic heterocycles. The summed E-state index contributed by atoms with van der Waals surface area (Å²) in [6.07, 6.45) is 8.68. The van der Waals surface area contributed by atoms with Gasteiger partial charge in [0.2, 0.25) is 5.91 Å². The van der Waals surface area contributed by atoms with E-state index in [1.807, 2.05) is 23.9 Å². The van der Waals surface area contributed by atoms with Gasteiger partial charge in [0.1, 0.15) is 6.04 Å². The summed E-state index contributed by atoms with van der Waals surface area (Å²) in [5.41, 5.74) is 2.30. The largest absolute Gasteiger partial charge is 0.467 e. The van der Waals surface area contributed by atoms with Crippen molar-refractivity contribution in [3.63, 3.8) is 0 Å². The molecule has 0 radical (unpaired) electrons. The molecule has 0 N–H and O–H groups in total. The molecule has 0 saturated heterocycles. The van der Waals surface area contributed by atoms with Gasteiger partial charge in [-0.05, 0) is 67.4 Å². The zero-order chi connectivity index (χ0) is 19.3. The Bertz CT molecular complexity index is 757. The van der Waals surface area contributed by atoms with Gasteiger partial charge in [-0.25, -0.2) is 4.79 Å². The molecule has 4 bridgehead atoms. The Balaban J connectivity index is 1.30. The fourth-order valence-electron chi connectivity index (χ4n) is 6.64. The first-order valence-electron chi connectivity index (χ1n) is 10.6. The molecule has 1 aromatic carbocycles. The SMILES string of the molecule is COC(=O)[C@H]1Cc2ccccc2CN1C(=O)CSC12CC3CC(CC(C3)C1)C2. The van der Waals surface area contributed by atoms with Crippen molar-refractivity contribution in [2.24, 2.45) is 17.8 Å². The van der Waals surface area contributed by atoms with Crippen molar-refractivity contribution >= 4 is 23.6 Å². The number of fused-ring (bicyclic) bond motifs is 1. The number of amides is 1. The van der Waals surface area contributed by atoms with Crippen molar-refractivity contribution in [3.8, 4) is 0 Å². The number of rotatable bonds is 4. The lowest BCUT2D eigenvalue weighted by Gasteiger charge is -2.56. The lowest BCUT2D eigenvalue weighted by molar-refractivity contribution is -0.153. The van der Waals surface area contributed by atoms with Crippen LogP contribution in [0.4, 0.5) is 0 Å². The van der Waals surface area contributed by atoms with Crippen molar-refractivity contribution in [2.45, 2.75) is 62.3 Å². The molecule has 4 aliphatic carbocycles. The molecule has 0 unspecified atom stereocenters. The van der Waals surface area contributed by atoms with E-state index in [0.717, 1.165) is 28.9 Å². The Morgan fingerprint density at radius 2 is 1.68 bits per heavy atom. The van der Waals surface area contributed by atoms with Crippen LogP contribution in [0.1, 0.15) is 49.7 Å². The second kappa shape index (κ2) is 7.08. The van der Waals surface area contributed by atoms with Gasteiger partial charge >= 0.3 is 5.97 Å². The molecular weight excluding hydrogens is 370 g/mol. The molecule has 1 aromatic rings. The summed E-state index contributed by atoms with van der Waals surface area (Å²) in [5, 5.41) is 0. The third-order valence-electron chi connectivity index (χ3n) is 7.53. The van der Waals surface area contributed by atoms with Gasteiger partial charge in [0.25, 0.3) is 0 Å². The molecule has 1 aliphatic heterocycles. The maximum Gasteiger partial charge on any atom is 0.328 e. The van der Waals surface area contributed by atoms with Crippen LogP contribution in [0.5, 0.6) is 0 Å². The number of ether oxygens (including phenoxy) is 1. The standard InChI is InChI=1S/C23H29NO3S/c1-27-22(26)20-9-18-4-2-3-5-19(18)13-24(20)21(25)14-28-23-10-15-6-16(11-23)8-17(7-15)12-23/h2-5,15-17,20H,6-14H2,1H3/t15?,16?,17?,20-,23?/m1/s1. The quantitative estimate of drug-likeness (QED) is 0.722. The summed E-state index contributed by atoms with van der Waals surface area (Å²) in [6, 6.07) is 7.62. The first kappa shape index (κ1) is 18.5. The van der Waals surface area contributed by atoms with E-state index in [-0.39, 0.29) is 11.9 Å². The highest BCUT2D eigenvalue weighted by Crippen LogP contribution is 2.60. The van der Waals surface area contributed by atoms with Gasteiger partial charge in [-0.1, -0.05) is 24.3 Å². The predicted molar refractivity (Wildman–Crippen MR) is 110 cm³/mol. The van der Waals surface area contributed by atoms with Crippen molar-refractivity contribution in [3.05, 3.63) is 35.4 Å². The molecule has 1 amide bonds. The number of carbonyl (C=O) groups excluding carboxylic acids is 2. The molecule has 0 spiro atoms. The van der Waals surface area contributed by atoms with E-state index in [9.17, 15) is 9.59 Å². The van der Waals surface area contributed by atoms with Crippen LogP contribution in [0.3, 0.4) is 0 Å². The van der Waals surface area contributed by atoms with Gasteiger partial charge < -0.3 is 9.64 Å². The van der Waals surface area contributed by atoms with Crippen LogP contribution in [0.25, 0.3) is 0 Å². The second-order valence-electron chi connectivity index (χ2n) is 9.42. The maximum atomic E-state index is 13.2. The van der Waals surface area contributed by atoms with Crippen LogP contribution >= 0.6 is 11.8 Å². The normalized spacial score (nSPS) is 35.5. The number of esters is 1. The number of methoxy groups -OCH3 is 1. The van der Waals surface area contributed by atoms with Crippen LogP contribution in [0, 0.1) is 17.8 Å². The Kier molecular flexibility index (Phi) is 4.69. The molecule has 5 heteroatoms. The fourth-order valence-corrected chi connectivity index (χ4v) is 8.29. The van der Waals surface area contributed by atoms with Gasteiger partial charge in [-0.3, -0.25) is 4.79 Å². The van der Waals surface area contributed by atoms with Gasteiger partial charge in [-0.2, -0.15) is 0 Å². The van der Waals surface area contributed by atoms with Crippen molar-refractivity contribution in [2.75, 3.05) is 12.9 Å². The second-order valence-corrected chi connectivity index (χ2v) is 10.9. The van der Waals surface area contributed by atoms with Gasteiger partial charge in [0, 0.05) is 17.7 Å². The molecule has 150 valence electrons. The smallest absolute Gasteiger partial charge is 0.328 e. The van der Waals surface area contributed by atoms with Crippen LogP contribution in [0.2, 0.25) is 0 Å². The fraction of sp³-hybridized carbons (Fsp3) is 0.652. The average molecular weight is 400 g/mol.